The Morgan fingerprint density at radius 3 is 2.03 bits per heavy atom. The average Bonchev–Trinajstić information content (AvgIpc) is 2.67. The fourth-order valence-corrected chi connectivity index (χ4v) is 2.75. The number of ether oxygens (including phenoxy) is 1. The molecule has 0 unspecified atom stereocenters. The Hall–Kier alpha value is -2.86. The highest BCUT2D eigenvalue weighted by molar-refractivity contribution is 5.92. The first kappa shape index (κ1) is 23.4. The number of carbonyl (C=O) groups excluding carboxylic acids is 2. The zero-order valence-electron chi connectivity index (χ0n) is 18.4. The largest absolute Gasteiger partial charge is 0.484 e. The van der Waals surface area contributed by atoms with E-state index in [0.717, 1.165) is 5.56 Å². The minimum atomic E-state index is -0.655. The standard InChI is InChI=1S/C24H32N2O4/c1-23(2,3)18-8-12-20(13-9-18)30-15-22(29)25-19-10-6-17(7-11-19)14-21(28)26-24(4,5)16-27/h6-13,27H,14-16H2,1-5H3,(H,25,29)(H,26,28). The van der Waals surface area contributed by atoms with Gasteiger partial charge < -0.3 is 20.5 Å². The highest BCUT2D eigenvalue weighted by atomic mass is 16.5. The summed E-state index contributed by atoms with van der Waals surface area (Å²) >= 11 is 0. The van der Waals surface area contributed by atoms with E-state index in [4.69, 9.17) is 4.74 Å². The van der Waals surface area contributed by atoms with Crippen molar-refractivity contribution in [2.24, 2.45) is 0 Å². The molecule has 0 spiro atoms. The summed E-state index contributed by atoms with van der Waals surface area (Å²) in [5.41, 5.74) is 2.06. The number of carbonyl (C=O) groups is 2. The lowest BCUT2D eigenvalue weighted by molar-refractivity contribution is -0.122. The van der Waals surface area contributed by atoms with Crippen molar-refractivity contribution in [2.75, 3.05) is 18.5 Å². The first-order chi connectivity index (χ1) is 14.0. The monoisotopic (exact) mass is 412 g/mol. The Bertz CT molecular complexity index is 850. The lowest BCUT2D eigenvalue weighted by Gasteiger charge is -2.23. The van der Waals surface area contributed by atoms with Crippen LogP contribution >= 0.6 is 0 Å². The summed E-state index contributed by atoms with van der Waals surface area (Å²) < 4.78 is 5.56. The average molecular weight is 413 g/mol. The topological polar surface area (TPSA) is 87.7 Å². The molecule has 0 atom stereocenters. The van der Waals surface area contributed by atoms with E-state index in [1.54, 1.807) is 38.1 Å². The molecule has 0 saturated heterocycles. The molecule has 0 heterocycles. The Balaban J connectivity index is 1.82. The van der Waals surface area contributed by atoms with E-state index in [-0.39, 0.29) is 36.9 Å². The van der Waals surface area contributed by atoms with E-state index in [0.29, 0.717) is 11.4 Å². The molecular formula is C24H32N2O4. The molecule has 0 bridgehead atoms. The fraction of sp³-hybridized carbons (Fsp3) is 0.417. The van der Waals surface area contributed by atoms with Gasteiger partial charge in [0.1, 0.15) is 5.75 Å². The highest BCUT2D eigenvalue weighted by Gasteiger charge is 2.19. The van der Waals surface area contributed by atoms with Crippen molar-refractivity contribution in [3.63, 3.8) is 0 Å². The van der Waals surface area contributed by atoms with Crippen molar-refractivity contribution >= 4 is 17.5 Å². The number of hydrogen-bond acceptors (Lipinski definition) is 4. The van der Waals surface area contributed by atoms with Crippen LogP contribution in [0.25, 0.3) is 0 Å². The summed E-state index contributed by atoms with van der Waals surface area (Å²) in [6.07, 6.45) is 0.200. The van der Waals surface area contributed by atoms with Gasteiger partial charge in [-0.25, -0.2) is 0 Å². The van der Waals surface area contributed by atoms with Gasteiger partial charge in [-0.1, -0.05) is 45.0 Å². The van der Waals surface area contributed by atoms with Crippen LogP contribution < -0.4 is 15.4 Å². The molecule has 0 aromatic heterocycles. The molecule has 2 amide bonds. The molecule has 0 aliphatic rings. The lowest BCUT2D eigenvalue weighted by Crippen LogP contribution is -2.46. The lowest BCUT2D eigenvalue weighted by atomic mass is 9.87. The molecule has 2 rings (SSSR count). The van der Waals surface area contributed by atoms with Gasteiger partial charge in [-0.05, 0) is 54.7 Å². The van der Waals surface area contributed by atoms with Gasteiger partial charge in [0.25, 0.3) is 5.91 Å². The van der Waals surface area contributed by atoms with Gasteiger partial charge in [0.2, 0.25) is 5.91 Å². The van der Waals surface area contributed by atoms with Gasteiger partial charge in [0.05, 0.1) is 18.6 Å². The minimum Gasteiger partial charge on any atom is -0.484 e. The fourth-order valence-electron chi connectivity index (χ4n) is 2.75. The molecule has 0 radical (unpaired) electrons. The van der Waals surface area contributed by atoms with Crippen LogP contribution in [0.4, 0.5) is 5.69 Å². The molecule has 2 aromatic rings. The second-order valence-corrected chi connectivity index (χ2v) is 9.08. The third-order valence-corrected chi connectivity index (χ3v) is 4.57. The number of aliphatic hydroxyl groups excluding tert-OH is 1. The molecule has 6 heteroatoms. The zero-order valence-corrected chi connectivity index (χ0v) is 18.4. The van der Waals surface area contributed by atoms with Crippen molar-refractivity contribution in [1.82, 2.24) is 5.32 Å². The minimum absolute atomic E-state index is 0.0672. The smallest absolute Gasteiger partial charge is 0.262 e. The maximum Gasteiger partial charge on any atom is 0.262 e. The summed E-state index contributed by atoms with van der Waals surface area (Å²) in [5, 5.41) is 14.8. The Morgan fingerprint density at radius 1 is 0.900 bits per heavy atom. The van der Waals surface area contributed by atoms with Crippen LogP contribution in [0.15, 0.2) is 48.5 Å². The number of nitrogens with one attached hydrogen (secondary N) is 2. The van der Waals surface area contributed by atoms with E-state index in [1.165, 1.54) is 5.56 Å². The molecule has 0 saturated carbocycles. The predicted octanol–water partition coefficient (Wildman–Crippen LogP) is 3.43. The number of hydrogen-bond donors (Lipinski definition) is 3. The van der Waals surface area contributed by atoms with Crippen molar-refractivity contribution < 1.29 is 19.4 Å². The van der Waals surface area contributed by atoms with E-state index in [9.17, 15) is 14.7 Å². The molecule has 162 valence electrons. The van der Waals surface area contributed by atoms with Gasteiger partial charge >= 0.3 is 0 Å². The van der Waals surface area contributed by atoms with Crippen LogP contribution in [0.2, 0.25) is 0 Å². The van der Waals surface area contributed by atoms with E-state index < -0.39 is 5.54 Å². The second-order valence-electron chi connectivity index (χ2n) is 9.08. The normalized spacial score (nSPS) is 11.7. The zero-order chi connectivity index (χ0) is 22.4. The van der Waals surface area contributed by atoms with Crippen molar-refractivity contribution in [2.45, 2.75) is 52.0 Å². The summed E-state index contributed by atoms with van der Waals surface area (Å²) in [5.74, 6) is 0.215. The number of benzene rings is 2. The quantitative estimate of drug-likeness (QED) is 0.620. The third kappa shape index (κ3) is 7.52. The molecule has 0 aliphatic carbocycles. The molecule has 2 aromatic carbocycles. The van der Waals surface area contributed by atoms with Crippen molar-refractivity contribution in [3.8, 4) is 5.75 Å². The highest BCUT2D eigenvalue weighted by Crippen LogP contribution is 2.24. The number of aliphatic hydroxyl groups is 1. The molecular weight excluding hydrogens is 380 g/mol. The van der Waals surface area contributed by atoms with Gasteiger partial charge in [-0.15, -0.1) is 0 Å². The van der Waals surface area contributed by atoms with Crippen molar-refractivity contribution in [3.05, 3.63) is 59.7 Å². The Labute approximate surface area is 178 Å². The van der Waals surface area contributed by atoms with Gasteiger partial charge in [0.15, 0.2) is 6.61 Å². The summed E-state index contributed by atoms with van der Waals surface area (Å²) in [6.45, 7) is 9.72. The Morgan fingerprint density at radius 2 is 1.50 bits per heavy atom. The maximum absolute atomic E-state index is 12.1. The third-order valence-electron chi connectivity index (χ3n) is 4.57. The van der Waals surface area contributed by atoms with Crippen molar-refractivity contribution in [1.29, 1.82) is 0 Å². The van der Waals surface area contributed by atoms with Gasteiger partial charge in [-0.3, -0.25) is 9.59 Å². The first-order valence-electron chi connectivity index (χ1n) is 10.0. The maximum atomic E-state index is 12.1. The van der Waals surface area contributed by atoms with Crippen LogP contribution in [0.1, 0.15) is 45.7 Å². The van der Waals surface area contributed by atoms with Crippen LogP contribution in [0, 0.1) is 0 Å². The van der Waals surface area contributed by atoms with E-state index >= 15 is 0 Å². The molecule has 3 N–H and O–H groups in total. The van der Waals surface area contributed by atoms with Crippen LogP contribution in [0.5, 0.6) is 5.75 Å². The number of anilines is 1. The molecule has 0 fully saturated rings. The molecule has 0 aliphatic heterocycles. The number of amides is 2. The SMILES string of the molecule is CC(C)(CO)NC(=O)Cc1ccc(NC(=O)COc2ccc(C(C)(C)C)cc2)cc1. The second kappa shape index (κ2) is 9.76. The van der Waals surface area contributed by atoms with Crippen LogP contribution in [0.3, 0.4) is 0 Å². The summed E-state index contributed by atoms with van der Waals surface area (Å²) in [7, 11) is 0. The predicted molar refractivity (Wildman–Crippen MR) is 119 cm³/mol. The van der Waals surface area contributed by atoms with Crippen LogP contribution in [-0.4, -0.2) is 35.7 Å². The molecule has 30 heavy (non-hydrogen) atoms. The number of rotatable bonds is 8. The summed E-state index contributed by atoms with van der Waals surface area (Å²) in [6, 6.07) is 14.8. The summed E-state index contributed by atoms with van der Waals surface area (Å²) in [4.78, 5) is 24.2. The van der Waals surface area contributed by atoms with E-state index in [1.807, 2.05) is 24.3 Å². The Kier molecular flexibility index (Phi) is 7.62. The van der Waals surface area contributed by atoms with E-state index in [2.05, 4.69) is 31.4 Å². The molecule has 6 nitrogen and oxygen atoms in total. The van der Waals surface area contributed by atoms with Gasteiger partial charge in [-0.2, -0.15) is 0 Å². The first-order valence-corrected chi connectivity index (χ1v) is 10.0. The van der Waals surface area contributed by atoms with Crippen LogP contribution in [-0.2, 0) is 21.4 Å². The van der Waals surface area contributed by atoms with Gasteiger partial charge in [0, 0.05) is 5.69 Å².